The van der Waals surface area contributed by atoms with E-state index in [1.807, 2.05) is 67.6 Å². The summed E-state index contributed by atoms with van der Waals surface area (Å²) in [6.45, 7) is 2.36. The van der Waals surface area contributed by atoms with Crippen LogP contribution in [0.5, 0.6) is 11.5 Å². The molecule has 1 aliphatic rings. The molecule has 174 valence electrons. The van der Waals surface area contributed by atoms with Crippen LogP contribution in [0.2, 0.25) is 0 Å². The second-order valence-electron chi connectivity index (χ2n) is 7.98. The first kappa shape index (κ1) is 22.2. The van der Waals surface area contributed by atoms with Gasteiger partial charge in [-0.25, -0.2) is 4.90 Å². The zero-order chi connectivity index (χ0) is 24.4. The summed E-state index contributed by atoms with van der Waals surface area (Å²) in [4.78, 5) is 29.0. The van der Waals surface area contributed by atoms with Crippen LogP contribution in [0.4, 0.5) is 11.4 Å². The second-order valence-corrected chi connectivity index (χ2v) is 7.98. The van der Waals surface area contributed by atoms with Gasteiger partial charge in [0.15, 0.2) is 0 Å². The standard InChI is InChI=1S/C29H24N2O4/c1-3-35-25-14-7-6-12-23(25)30-27-26(20-15-17-21(34-2)18-16-20)28(32)31(29(27)33)24-13-8-10-19-9-4-5-11-22(19)24/h4-18,30H,3H2,1-2H3. The third kappa shape index (κ3) is 3.99. The van der Waals surface area contributed by atoms with Gasteiger partial charge < -0.3 is 14.8 Å². The number of fused-ring (bicyclic) bond motifs is 1. The SMILES string of the molecule is CCOc1ccccc1NC1=C(c2ccc(OC)cc2)C(=O)N(c2cccc3ccccc23)C1=O. The zero-order valence-electron chi connectivity index (χ0n) is 19.4. The molecule has 0 saturated heterocycles. The summed E-state index contributed by atoms with van der Waals surface area (Å²) in [5.41, 5.74) is 2.25. The van der Waals surface area contributed by atoms with Gasteiger partial charge in [0, 0.05) is 5.39 Å². The van der Waals surface area contributed by atoms with Crippen LogP contribution in [0.25, 0.3) is 16.3 Å². The smallest absolute Gasteiger partial charge is 0.282 e. The topological polar surface area (TPSA) is 67.9 Å². The predicted octanol–water partition coefficient (Wildman–Crippen LogP) is 5.64. The minimum atomic E-state index is -0.427. The number of nitrogens with zero attached hydrogens (tertiary/aromatic N) is 1. The molecule has 0 spiro atoms. The lowest BCUT2D eigenvalue weighted by Crippen LogP contribution is -2.32. The van der Waals surface area contributed by atoms with Crippen LogP contribution in [0, 0.1) is 0 Å². The van der Waals surface area contributed by atoms with Gasteiger partial charge in [-0.1, -0.05) is 60.7 Å². The Balaban J connectivity index is 1.65. The third-order valence-corrected chi connectivity index (χ3v) is 5.92. The number of nitrogens with one attached hydrogen (secondary N) is 1. The number of methoxy groups -OCH3 is 1. The number of imide groups is 1. The fraction of sp³-hybridized carbons (Fsp3) is 0.103. The molecule has 6 nitrogen and oxygen atoms in total. The summed E-state index contributed by atoms with van der Waals surface area (Å²) >= 11 is 0. The second kappa shape index (κ2) is 9.35. The monoisotopic (exact) mass is 464 g/mol. The quantitative estimate of drug-likeness (QED) is 0.358. The van der Waals surface area contributed by atoms with E-state index in [1.165, 1.54) is 4.90 Å². The number of rotatable bonds is 7. The lowest BCUT2D eigenvalue weighted by Gasteiger charge is -2.18. The van der Waals surface area contributed by atoms with Crippen LogP contribution in [0.3, 0.4) is 0 Å². The normalized spacial score (nSPS) is 13.5. The van der Waals surface area contributed by atoms with Gasteiger partial charge in [-0.15, -0.1) is 0 Å². The molecule has 4 aromatic carbocycles. The number of para-hydroxylation sites is 2. The van der Waals surface area contributed by atoms with Gasteiger partial charge in [0.2, 0.25) is 0 Å². The van der Waals surface area contributed by atoms with Gasteiger partial charge in [-0.3, -0.25) is 9.59 Å². The summed E-state index contributed by atoms with van der Waals surface area (Å²) in [7, 11) is 1.58. The van der Waals surface area contributed by atoms with Crippen molar-refractivity contribution in [2.45, 2.75) is 6.92 Å². The Bertz CT molecular complexity index is 1450. The maximum Gasteiger partial charge on any atom is 0.282 e. The summed E-state index contributed by atoms with van der Waals surface area (Å²) < 4.78 is 11.0. The lowest BCUT2D eigenvalue weighted by molar-refractivity contribution is -0.120. The van der Waals surface area contributed by atoms with Crippen LogP contribution in [-0.2, 0) is 9.59 Å². The Morgan fingerprint density at radius 3 is 2.29 bits per heavy atom. The Kier molecular flexibility index (Phi) is 5.94. The highest BCUT2D eigenvalue weighted by atomic mass is 16.5. The van der Waals surface area contributed by atoms with Gasteiger partial charge in [-0.05, 0) is 48.2 Å². The predicted molar refractivity (Wildman–Crippen MR) is 138 cm³/mol. The van der Waals surface area contributed by atoms with Crippen LogP contribution >= 0.6 is 0 Å². The maximum absolute atomic E-state index is 13.9. The average molecular weight is 465 g/mol. The molecule has 6 heteroatoms. The first-order chi connectivity index (χ1) is 17.1. The highest BCUT2D eigenvalue weighted by molar-refractivity contribution is 6.47. The van der Waals surface area contributed by atoms with Crippen molar-refractivity contribution in [3.8, 4) is 11.5 Å². The van der Waals surface area contributed by atoms with Crippen LogP contribution in [0.1, 0.15) is 12.5 Å². The molecule has 1 N–H and O–H groups in total. The van der Waals surface area contributed by atoms with E-state index in [-0.39, 0.29) is 11.3 Å². The molecule has 35 heavy (non-hydrogen) atoms. The molecule has 0 fully saturated rings. The number of carbonyl (C=O) groups excluding carboxylic acids is 2. The number of amides is 2. The molecule has 4 aromatic rings. The molecular formula is C29H24N2O4. The molecule has 2 amide bonds. The zero-order valence-corrected chi connectivity index (χ0v) is 19.4. The van der Waals surface area contributed by atoms with Crippen molar-refractivity contribution < 1.29 is 19.1 Å². The van der Waals surface area contributed by atoms with Crippen LogP contribution in [-0.4, -0.2) is 25.5 Å². The van der Waals surface area contributed by atoms with E-state index >= 15 is 0 Å². The van der Waals surface area contributed by atoms with Crippen molar-refractivity contribution in [1.29, 1.82) is 0 Å². The van der Waals surface area contributed by atoms with Crippen molar-refractivity contribution in [3.05, 3.63) is 102 Å². The number of anilines is 2. The van der Waals surface area contributed by atoms with Crippen LogP contribution < -0.4 is 19.7 Å². The Labute approximate surface area is 203 Å². The number of ether oxygens (including phenoxy) is 2. The molecule has 0 saturated carbocycles. The maximum atomic E-state index is 13.9. The van der Waals surface area contributed by atoms with Gasteiger partial charge in [0.25, 0.3) is 11.8 Å². The molecule has 1 heterocycles. The van der Waals surface area contributed by atoms with E-state index < -0.39 is 11.8 Å². The molecule has 1 aliphatic heterocycles. The largest absolute Gasteiger partial charge is 0.497 e. The summed E-state index contributed by atoms with van der Waals surface area (Å²) in [5, 5.41) is 4.98. The van der Waals surface area contributed by atoms with Gasteiger partial charge in [0.05, 0.1) is 30.7 Å². The molecule has 5 rings (SSSR count). The number of hydrogen-bond acceptors (Lipinski definition) is 5. The first-order valence-corrected chi connectivity index (χ1v) is 11.4. The van der Waals surface area contributed by atoms with E-state index in [9.17, 15) is 9.59 Å². The Hall–Kier alpha value is -4.58. The summed E-state index contributed by atoms with van der Waals surface area (Å²) in [5.74, 6) is 0.435. The fourth-order valence-electron chi connectivity index (χ4n) is 4.28. The molecule has 0 radical (unpaired) electrons. The Morgan fingerprint density at radius 1 is 0.800 bits per heavy atom. The highest BCUT2D eigenvalue weighted by Gasteiger charge is 2.41. The van der Waals surface area contributed by atoms with Gasteiger partial charge in [0.1, 0.15) is 17.2 Å². The van der Waals surface area contributed by atoms with Crippen LogP contribution in [0.15, 0.2) is 96.7 Å². The fourth-order valence-corrected chi connectivity index (χ4v) is 4.28. The van der Waals surface area contributed by atoms with E-state index in [0.717, 1.165) is 10.8 Å². The highest BCUT2D eigenvalue weighted by Crippen LogP contribution is 2.38. The minimum absolute atomic E-state index is 0.195. The molecule has 0 bridgehead atoms. The molecule has 0 unspecified atom stereocenters. The number of benzene rings is 4. The van der Waals surface area contributed by atoms with Crippen molar-refractivity contribution in [2.75, 3.05) is 23.9 Å². The average Bonchev–Trinajstić information content (AvgIpc) is 3.14. The van der Waals surface area contributed by atoms with Gasteiger partial charge >= 0.3 is 0 Å². The lowest BCUT2D eigenvalue weighted by atomic mass is 10.0. The summed E-state index contributed by atoms with van der Waals surface area (Å²) in [6.07, 6.45) is 0. The Morgan fingerprint density at radius 2 is 1.51 bits per heavy atom. The van der Waals surface area contributed by atoms with Crippen molar-refractivity contribution in [2.24, 2.45) is 0 Å². The number of carbonyl (C=O) groups is 2. The van der Waals surface area contributed by atoms with Crippen molar-refractivity contribution >= 4 is 39.5 Å². The van der Waals surface area contributed by atoms with Crippen molar-refractivity contribution in [3.63, 3.8) is 0 Å². The van der Waals surface area contributed by atoms with E-state index in [1.54, 1.807) is 37.4 Å². The van der Waals surface area contributed by atoms with E-state index in [2.05, 4.69) is 5.32 Å². The molecular weight excluding hydrogens is 440 g/mol. The van der Waals surface area contributed by atoms with E-state index in [4.69, 9.17) is 9.47 Å². The third-order valence-electron chi connectivity index (χ3n) is 5.92. The minimum Gasteiger partial charge on any atom is -0.497 e. The molecule has 0 aliphatic carbocycles. The summed E-state index contributed by atoms with van der Waals surface area (Å²) in [6, 6.07) is 27.7. The molecule has 0 aromatic heterocycles. The van der Waals surface area contributed by atoms with E-state index in [0.29, 0.717) is 35.0 Å². The number of hydrogen-bond donors (Lipinski definition) is 1. The van der Waals surface area contributed by atoms with Gasteiger partial charge in [-0.2, -0.15) is 0 Å². The first-order valence-electron chi connectivity index (χ1n) is 11.4. The molecule has 0 atom stereocenters. The van der Waals surface area contributed by atoms with Crippen molar-refractivity contribution in [1.82, 2.24) is 0 Å².